The van der Waals surface area contributed by atoms with Crippen LogP contribution in [-0.4, -0.2) is 0 Å². The van der Waals surface area contributed by atoms with Gasteiger partial charge in [-0.05, 0) is 31.1 Å². The van der Waals surface area contributed by atoms with Crippen molar-refractivity contribution in [3.8, 4) is 0 Å². The zero-order chi connectivity index (χ0) is 6.69. The highest BCUT2D eigenvalue weighted by Gasteiger charge is 2.25. The number of allylic oxidation sites excluding steroid dienone is 2. The standard InChI is InChI=1S/C7H10.C2H4/c1-2-7-4-3-6(1)5-7;1-2/h1-2,6-7H,3-5H2;1-2H2. The summed E-state index contributed by atoms with van der Waals surface area (Å²) in [7, 11) is 0. The third-order valence-corrected chi connectivity index (χ3v) is 2.17. The van der Waals surface area contributed by atoms with Gasteiger partial charge in [-0.3, -0.25) is 0 Å². The third kappa shape index (κ3) is 1.24. The van der Waals surface area contributed by atoms with Crippen molar-refractivity contribution in [3.63, 3.8) is 0 Å². The minimum absolute atomic E-state index is 0.991. The molecule has 2 bridgehead atoms. The van der Waals surface area contributed by atoms with E-state index in [0.29, 0.717) is 0 Å². The predicted octanol–water partition coefficient (Wildman–Crippen LogP) is 2.77. The predicted molar refractivity (Wildman–Crippen MR) is 41.2 cm³/mol. The summed E-state index contributed by atoms with van der Waals surface area (Å²) >= 11 is 0. The Morgan fingerprint density at radius 2 is 1.44 bits per heavy atom. The molecule has 9 heavy (non-hydrogen) atoms. The highest BCUT2D eigenvalue weighted by Crippen LogP contribution is 2.38. The normalized spacial score (nSPS) is 36.0. The fourth-order valence-corrected chi connectivity index (χ4v) is 1.72. The Hall–Kier alpha value is -0.520. The molecule has 0 aromatic carbocycles. The summed E-state index contributed by atoms with van der Waals surface area (Å²) in [5.41, 5.74) is 0. The monoisotopic (exact) mass is 122 g/mol. The molecule has 2 rings (SSSR count). The average molecular weight is 122 g/mol. The first-order valence-electron chi connectivity index (χ1n) is 3.63. The van der Waals surface area contributed by atoms with Crippen LogP contribution in [0.5, 0.6) is 0 Å². The van der Waals surface area contributed by atoms with Crippen molar-refractivity contribution in [3.05, 3.63) is 25.3 Å². The van der Waals surface area contributed by atoms with Crippen LogP contribution in [0.1, 0.15) is 19.3 Å². The van der Waals surface area contributed by atoms with E-state index < -0.39 is 0 Å². The second kappa shape index (κ2) is 2.86. The number of fused-ring (bicyclic) bond motifs is 2. The average Bonchev–Trinajstić information content (AvgIpc) is 2.53. The first kappa shape index (κ1) is 6.60. The molecule has 0 spiro atoms. The molecule has 0 nitrogen and oxygen atoms in total. The molecule has 50 valence electrons. The zero-order valence-electron chi connectivity index (χ0n) is 5.84. The highest BCUT2D eigenvalue weighted by atomic mass is 14.3. The van der Waals surface area contributed by atoms with Gasteiger partial charge in [-0.25, -0.2) is 0 Å². The molecule has 1 fully saturated rings. The minimum atomic E-state index is 0.991. The van der Waals surface area contributed by atoms with Gasteiger partial charge in [0, 0.05) is 0 Å². The van der Waals surface area contributed by atoms with Crippen molar-refractivity contribution in [2.45, 2.75) is 19.3 Å². The van der Waals surface area contributed by atoms with Crippen LogP contribution in [-0.2, 0) is 0 Å². The molecule has 0 N–H and O–H groups in total. The van der Waals surface area contributed by atoms with Crippen molar-refractivity contribution >= 4 is 0 Å². The van der Waals surface area contributed by atoms with E-state index in [1.807, 2.05) is 0 Å². The molecule has 0 aromatic rings. The summed E-state index contributed by atoms with van der Waals surface area (Å²) in [5, 5.41) is 0. The molecule has 0 aromatic heterocycles. The van der Waals surface area contributed by atoms with E-state index in [0.717, 1.165) is 11.8 Å². The van der Waals surface area contributed by atoms with E-state index in [-0.39, 0.29) is 0 Å². The summed E-state index contributed by atoms with van der Waals surface area (Å²) in [6.45, 7) is 6.00. The summed E-state index contributed by atoms with van der Waals surface area (Å²) in [4.78, 5) is 0. The van der Waals surface area contributed by atoms with Gasteiger partial charge in [-0.15, -0.1) is 13.2 Å². The maximum atomic E-state index is 3.00. The fourth-order valence-electron chi connectivity index (χ4n) is 1.72. The van der Waals surface area contributed by atoms with Gasteiger partial charge in [-0.1, -0.05) is 12.2 Å². The van der Waals surface area contributed by atoms with E-state index in [1.165, 1.54) is 19.3 Å². The van der Waals surface area contributed by atoms with Crippen LogP contribution in [0.4, 0.5) is 0 Å². The van der Waals surface area contributed by atoms with Gasteiger partial charge in [0.25, 0.3) is 0 Å². The molecular weight excluding hydrogens is 108 g/mol. The lowest BCUT2D eigenvalue weighted by Crippen LogP contribution is -1.82. The van der Waals surface area contributed by atoms with E-state index in [4.69, 9.17) is 0 Å². The van der Waals surface area contributed by atoms with Crippen LogP contribution in [0.2, 0.25) is 0 Å². The van der Waals surface area contributed by atoms with Crippen LogP contribution in [0.3, 0.4) is 0 Å². The maximum Gasteiger partial charge on any atom is -0.0228 e. The maximum absolute atomic E-state index is 3.00. The topological polar surface area (TPSA) is 0 Å². The van der Waals surface area contributed by atoms with Crippen molar-refractivity contribution in [2.24, 2.45) is 11.8 Å². The zero-order valence-corrected chi connectivity index (χ0v) is 5.84. The first-order chi connectivity index (χ1) is 4.45. The second-order valence-electron chi connectivity index (χ2n) is 2.72. The molecule has 0 amide bonds. The molecule has 0 heteroatoms. The summed E-state index contributed by atoms with van der Waals surface area (Å²) < 4.78 is 0. The molecule has 2 atom stereocenters. The van der Waals surface area contributed by atoms with Crippen molar-refractivity contribution in [1.29, 1.82) is 0 Å². The van der Waals surface area contributed by atoms with Gasteiger partial charge in [0.1, 0.15) is 0 Å². The SMILES string of the molecule is C1=CC2CCC1C2.C=C. The van der Waals surface area contributed by atoms with Crippen molar-refractivity contribution < 1.29 is 0 Å². The van der Waals surface area contributed by atoms with Crippen LogP contribution >= 0.6 is 0 Å². The van der Waals surface area contributed by atoms with E-state index in [2.05, 4.69) is 25.3 Å². The van der Waals surface area contributed by atoms with Crippen molar-refractivity contribution in [1.82, 2.24) is 0 Å². The van der Waals surface area contributed by atoms with Gasteiger partial charge in [0.05, 0.1) is 0 Å². The molecule has 0 saturated heterocycles. The molecule has 0 radical (unpaired) electrons. The Labute approximate surface area is 57.3 Å². The van der Waals surface area contributed by atoms with Gasteiger partial charge >= 0.3 is 0 Å². The summed E-state index contributed by atoms with van der Waals surface area (Å²) in [5.74, 6) is 1.98. The van der Waals surface area contributed by atoms with E-state index >= 15 is 0 Å². The molecule has 2 aliphatic carbocycles. The lowest BCUT2D eigenvalue weighted by molar-refractivity contribution is 0.691. The van der Waals surface area contributed by atoms with Crippen molar-refractivity contribution in [2.75, 3.05) is 0 Å². The number of hydrogen-bond donors (Lipinski definition) is 0. The molecular formula is C9H14. The number of rotatable bonds is 0. The summed E-state index contributed by atoms with van der Waals surface area (Å²) in [6, 6.07) is 0. The lowest BCUT2D eigenvalue weighted by atomic mass is 10.1. The van der Waals surface area contributed by atoms with Gasteiger partial charge < -0.3 is 0 Å². The van der Waals surface area contributed by atoms with Crippen LogP contribution < -0.4 is 0 Å². The Balaban J connectivity index is 0.000000186. The Bertz CT molecular complexity index is 101. The largest absolute Gasteiger partial charge is 0.106 e. The van der Waals surface area contributed by atoms with Crippen LogP contribution in [0.25, 0.3) is 0 Å². The number of hydrogen-bond acceptors (Lipinski definition) is 0. The Morgan fingerprint density at radius 1 is 1.00 bits per heavy atom. The Morgan fingerprint density at radius 3 is 1.56 bits per heavy atom. The molecule has 0 heterocycles. The van der Waals surface area contributed by atoms with Gasteiger partial charge in [0.15, 0.2) is 0 Å². The Kier molecular flexibility index (Phi) is 2.10. The third-order valence-electron chi connectivity index (χ3n) is 2.17. The van der Waals surface area contributed by atoms with Crippen LogP contribution in [0.15, 0.2) is 25.3 Å². The van der Waals surface area contributed by atoms with Gasteiger partial charge in [-0.2, -0.15) is 0 Å². The fraction of sp³-hybridized carbons (Fsp3) is 0.556. The quantitative estimate of drug-likeness (QED) is 0.433. The lowest BCUT2D eigenvalue weighted by Gasteiger charge is -1.96. The smallest absolute Gasteiger partial charge is 0.0228 e. The second-order valence-corrected chi connectivity index (χ2v) is 2.72. The highest BCUT2D eigenvalue weighted by molar-refractivity contribution is 5.06. The molecule has 2 aliphatic rings. The first-order valence-corrected chi connectivity index (χ1v) is 3.63. The molecule has 2 unspecified atom stereocenters. The van der Waals surface area contributed by atoms with E-state index in [9.17, 15) is 0 Å². The summed E-state index contributed by atoms with van der Waals surface area (Å²) in [6.07, 6.45) is 9.19. The van der Waals surface area contributed by atoms with Gasteiger partial charge in [0.2, 0.25) is 0 Å². The van der Waals surface area contributed by atoms with Crippen LogP contribution in [0, 0.1) is 11.8 Å². The minimum Gasteiger partial charge on any atom is -0.106 e. The molecule has 1 saturated carbocycles. The molecule has 0 aliphatic heterocycles. The van der Waals surface area contributed by atoms with E-state index in [1.54, 1.807) is 0 Å².